The number of amides is 1. The molecule has 4 unspecified atom stereocenters. The maximum atomic E-state index is 13.3. The Morgan fingerprint density at radius 1 is 1.17 bits per heavy atom. The van der Waals surface area contributed by atoms with Gasteiger partial charge in [-0.25, -0.2) is 0 Å². The highest BCUT2D eigenvalue weighted by Crippen LogP contribution is 2.37. The summed E-state index contributed by atoms with van der Waals surface area (Å²) in [6, 6.07) is 0.332. The second-order valence-corrected chi connectivity index (χ2v) is 8.16. The van der Waals surface area contributed by atoms with E-state index in [1.807, 2.05) is 0 Å². The van der Waals surface area contributed by atoms with E-state index in [0.29, 0.717) is 29.7 Å². The van der Waals surface area contributed by atoms with E-state index in [2.05, 4.69) is 39.5 Å². The Labute approximate surface area is 141 Å². The molecule has 2 heterocycles. The Bertz CT molecular complexity index is 388. The van der Waals surface area contributed by atoms with Crippen molar-refractivity contribution in [3.63, 3.8) is 0 Å². The van der Waals surface area contributed by atoms with E-state index in [-0.39, 0.29) is 18.1 Å². The summed E-state index contributed by atoms with van der Waals surface area (Å²) in [4.78, 5) is 15.4. The molecular weight excluding hydrogens is 290 g/mol. The van der Waals surface area contributed by atoms with Crippen LogP contribution in [0.2, 0.25) is 0 Å². The summed E-state index contributed by atoms with van der Waals surface area (Å²) < 4.78 is 11.2. The number of carbonyl (C=O) groups excluding carboxylic acids is 1. The third kappa shape index (κ3) is 4.48. The van der Waals surface area contributed by atoms with E-state index in [9.17, 15) is 4.79 Å². The van der Waals surface area contributed by atoms with E-state index in [1.165, 1.54) is 0 Å². The SMILES string of the molecule is COCC1C[C@@H](C)N(C(=O)C(C(C)C)C2CC(C)OC(C)C2)C1. The number of ether oxygens (including phenoxy) is 2. The van der Waals surface area contributed by atoms with Crippen LogP contribution in [0.25, 0.3) is 0 Å². The summed E-state index contributed by atoms with van der Waals surface area (Å²) in [6.45, 7) is 12.5. The van der Waals surface area contributed by atoms with Crippen LogP contribution in [0.15, 0.2) is 0 Å². The number of nitrogens with zero attached hydrogens (tertiary/aromatic N) is 1. The Hall–Kier alpha value is -0.610. The van der Waals surface area contributed by atoms with Crippen LogP contribution in [0.3, 0.4) is 0 Å². The molecular formula is C19H35NO3. The highest BCUT2D eigenvalue weighted by Gasteiger charge is 2.41. The van der Waals surface area contributed by atoms with Gasteiger partial charge in [-0.15, -0.1) is 0 Å². The van der Waals surface area contributed by atoms with E-state index in [4.69, 9.17) is 9.47 Å². The lowest BCUT2D eigenvalue weighted by atomic mass is 9.75. The average Bonchev–Trinajstić information content (AvgIpc) is 2.78. The zero-order chi connectivity index (χ0) is 17.1. The molecule has 1 amide bonds. The van der Waals surface area contributed by atoms with Crippen molar-refractivity contribution >= 4 is 5.91 Å². The summed E-state index contributed by atoms with van der Waals surface area (Å²) in [5.41, 5.74) is 0. The average molecular weight is 325 g/mol. The minimum atomic E-state index is 0.118. The van der Waals surface area contributed by atoms with Crippen LogP contribution in [0.5, 0.6) is 0 Å². The normalized spacial score (nSPS) is 36.5. The molecule has 4 nitrogen and oxygen atoms in total. The van der Waals surface area contributed by atoms with Crippen molar-refractivity contribution in [3.8, 4) is 0 Å². The van der Waals surface area contributed by atoms with Crippen LogP contribution in [-0.4, -0.2) is 49.3 Å². The lowest BCUT2D eigenvalue weighted by Crippen LogP contribution is -2.46. The summed E-state index contributed by atoms with van der Waals surface area (Å²) in [5.74, 6) is 1.78. The lowest BCUT2D eigenvalue weighted by molar-refractivity contribution is -0.144. The van der Waals surface area contributed by atoms with Crippen LogP contribution in [0.1, 0.15) is 53.9 Å². The van der Waals surface area contributed by atoms with Gasteiger partial charge in [-0.3, -0.25) is 4.79 Å². The summed E-state index contributed by atoms with van der Waals surface area (Å²) in [7, 11) is 1.75. The lowest BCUT2D eigenvalue weighted by Gasteiger charge is -2.40. The number of carbonyl (C=O) groups is 1. The molecule has 23 heavy (non-hydrogen) atoms. The minimum absolute atomic E-state index is 0.118. The predicted octanol–water partition coefficient (Wildman–Crippen LogP) is 3.35. The molecule has 4 heteroatoms. The van der Waals surface area contributed by atoms with Crippen LogP contribution < -0.4 is 0 Å². The molecule has 0 saturated carbocycles. The molecule has 5 atom stereocenters. The Kier molecular flexibility index (Phi) is 6.49. The molecule has 2 rings (SSSR count). The zero-order valence-electron chi connectivity index (χ0n) is 15.7. The molecule has 0 aliphatic carbocycles. The number of hydrogen-bond acceptors (Lipinski definition) is 3. The molecule has 0 aromatic heterocycles. The summed E-state index contributed by atoms with van der Waals surface area (Å²) in [5, 5.41) is 0. The van der Waals surface area contributed by atoms with Crippen LogP contribution in [0, 0.1) is 23.7 Å². The Morgan fingerprint density at radius 3 is 2.30 bits per heavy atom. The van der Waals surface area contributed by atoms with Gasteiger partial charge in [0.05, 0.1) is 18.8 Å². The Balaban J connectivity index is 2.09. The fourth-order valence-electron chi connectivity index (χ4n) is 4.78. The van der Waals surface area contributed by atoms with Crippen molar-refractivity contribution in [2.24, 2.45) is 23.7 Å². The third-order valence-electron chi connectivity index (χ3n) is 5.59. The van der Waals surface area contributed by atoms with Crippen LogP contribution >= 0.6 is 0 Å². The largest absolute Gasteiger partial charge is 0.384 e. The van der Waals surface area contributed by atoms with Gasteiger partial charge in [-0.05, 0) is 51.9 Å². The molecule has 0 aromatic carbocycles. The molecule has 0 radical (unpaired) electrons. The smallest absolute Gasteiger partial charge is 0.226 e. The van der Waals surface area contributed by atoms with Gasteiger partial charge in [0.15, 0.2) is 0 Å². The second-order valence-electron chi connectivity index (χ2n) is 8.16. The van der Waals surface area contributed by atoms with Crippen molar-refractivity contribution in [2.45, 2.75) is 72.1 Å². The number of rotatable bonds is 5. The fourth-order valence-corrected chi connectivity index (χ4v) is 4.78. The van der Waals surface area contributed by atoms with Crippen molar-refractivity contribution in [2.75, 3.05) is 20.3 Å². The third-order valence-corrected chi connectivity index (χ3v) is 5.59. The number of likely N-dealkylation sites (tertiary alicyclic amines) is 1. The molecule has 2 aliphatic rings. The monoisotopic (exact) mass is 325 g/mol. The molecule has 2 saturated heterocycles. The van der Waals surface area contributed by atoms with E-state index in [1.54, 1.807) is 7.11 Å². The van der Waals surface area contributed by atoms with Gasteiger partial charge < -0.3 is 14.4 Å². The minimum Gasteiger partial charge on any atom is -0.384 e. The van der Waals surface area contributed by atoms with Crippen molar-refractivity contribution in [1.82, 2.24) is 4.90 Å². The van der Waals surface area contributed by atoms with Crippen molar-refractivity contribution in [1.29, 1.82) is 0 Å². The van der Waals surface area contributed by atoms with Gasteiger partial charge in [-0.1, -0.05) is 13.8 Å². The highest BCUT2D eigenvalue weighted by atomic mass is 16.5. The van der Waals surface area contributed by atoms with Gasteiger partial charge in [0.25, 0.3) is 0 Å². The van der Waals surface area contributed by atoms with Crippen molar-refractivity contribution < 1.29 is 14.3 Å². The van der Waals surface area contributed by atoms with Gasteiger partial charge in [0, 0.05) is 31.5 Å². The van der Waals surface area contributed by atoms with E-state index in [0.717, 1.165) is 32.4 Å². The van der Waals surface area contributed by atoms with E-state index < -0.39 is 0 Å². The van der Waals surface area contributed by atoms with Gasteiger partial charge >= 0.3 is 0 Å². The molecule has 0 N–H and O–H groups in total. The first-order valence-corrected chi connectivity index (χ1v) is 9.28. The summed E-state index contributed by atoms with van der Waals surface area (Å²) >= 11 is 0. The maximum absolute atomic E-state index is 13.3. The summed E-state index contributed by atoms with van der Waals surface area (Å²) in [6.07, 6.45) is 3.58. The number of hydrogen-bond donors (Lipinski definition) is 0. The van der Waals surface area contributed by atoms with Gasteiger partial charge in [0.2, 0.25) is 5.91 Å². The van der Waals surface area contributed by atoms with Gasteiger partial charge in [0.1, 0.15) is 0 Å². The number of methoxy groups -OCH3 is 1. The molecule has 0 aromatic rings. The van der Waals surface area contributed by atoms with Gasteiger partial charge in [-0.2, -0.15) is 0 Å². The molecule has 2 fully saturated rings. The first-order valence-electron chi connectivity index (χ1n) is 9.28. The molecule has 0 bridgehead atoms. The quantitative estimate of drug-likeness (QED) is 0.778. The first-order chi connectivity index (χ1) is 10.8. The molecule has 0 spiro atoms. The van der Waals surface area contributed by atoms with Crippen molar-refractivity contribution in [3.05, 3.63) is 0 Å². The zero-order valence-corrected chi connectivity index (χ0v) is 15.7. The maximum Gasteiger partial charge on any atom is 0.226 e. The Morgan fingerprint density at radius 2 is 1.78 bits per heavy atom. The van der Waals surface area contributed by atoms with Crippen LogP contribution in [0.4, 0.5) is 0 Å². The van der Waals surface area contributed by atoms with Crippen LogP contribution in [-0.2, 0) is 14.3 Å². The second kappa shape index (κ2) is 7.98. The first kappa shape index (κ1) is 18.7. The predicted molar refractivity (Wildman–Crippen MR) is 92.2 cm³/mol. The molecule has 2 aliphatic heterocycles. The topological polar surface area (TPSA) is 38.8 Å². The van der Waals surface area contributed by atoms with E-state index >= 15 is 0 Å². The molecule has 134 valence electrons. The highest BCUT2D eigenvalue weighted by molar-refractivity contribution is 5.80. The fraction of sp³-hybridized carbons (Fsp3) is 0.947. The standard InChI is InChI=1S/C19H35NO3/c1-12(2)18(17-8-14(4)23-15(5)9-17)19(21)20-10-16(11-22-6)7-13(20)3/h12-18H,7-11H2,1-6H3/t13-,14?,15?,16?,17?,18?/m1/s1.